The number of rotatable bonds is 8. The zero-order valence-electron chi connectivity index (χ0n) is 18.1. The van der Waals surface area contributed by atoms with E-state index in [1.807, 2.05) is 36.4 Å². The van der Waals surface area contributed by atoms with Crippen LogP contribution >= 0.6 is 0 Å². The number of hydrogen-bond donors (Lipinski definition) is 4. The van der Waals surface area contributed by atoms with Crippen molar-refractivity contribution in [2.45, 2.75) is 25.7 Å². The van der Waals surface area contributed by atoms with Crippen LogP contribution in [-0.4, -0.2) is 20.4 Å². The van der Waals surface area contributed by atoms with E-state index in [0.717, 1.165) is 47.9 Å². The Bertz CT molecular complexity index is 1210. The molecule has 0 aromatic heterocycles. The average Bonchev–Trinajstić information content (AvgIpc) is 2.81. The predicted molar refractivity (Wildman–Crippen MR) is 127 cm³/mol. The van der Waals surface area contributed by atoms with Crippen molar-refractivity contribution in [3.8, 4) is 34.5 Å². The third-order valence-electron chi connectivity index (χ3n) is 5.54. The van der Waals surface area contributed by atoms with Crippen molar-refractivity contribution in [2.24, 2.45) is 0 Å². The van der Waals surface area contributed by atoms with Crippen LogP contribution in [0.2, 0.25) is 0 Å². The van der Waals surface area contributed by atoms with Gasteiger partial charge in [0.25, 0.3) is 0 Å². The van der Waals surface area contributed by atoms with Gasteiger partial charge in [-0.3, -0.25) is 0 Å². The summed E-state index contributed by atoms with van der Waals surface area (Å²) >= 11 is 0. The molecule has 5 nitrogen and oxygen atoms in total. The predicted octanol–water partition coefficient (Wildman–Crippen LogP) is 5.87. The number of ether oxygens (including phenoxy) is 1. The molecule has 0 saturated heterocycles. The summed E-state index contributed by atoms with van der Waals surface area (Å²) in [6, 6.07) is 24.6. The van der Waals surface area contributed by atoms with Gasteiger partial charge >= 0.3 is 0 Å². The summed E-state index contributed by atoms with van der Waals surface area (Å²) in [6.45, 7) is 0. The molecule has 0 bridgehead atoms. The summed E-state index contributed by atoms with van der Waals surface area (Å²) in [5.74, 6) is 1.04. The Hall–Kier alpha value is -4.12. The number of phenolic OH excluding ortho intramolecular Hbond substituents is 4. The van der Waals surface area contributed by atoms with E-state index in [1.165, 1.54) is 0 Å². The number of phenols is 4. The van der Waals surface area contributed by atoms with E-state index in [4.69, 9.17) is 4.74 Å². The summed E-state index contributed by atoms with van der Waals surface area (Å²) in [5, 5.41) is 39.5. The normalized spacial score (nSPS) is 10.8. The highest BCUT2D eigenvalue weighted by molar-refractivity contribution is 5.49. The lowest BCUT2D eigenvalue weighted by molar-refractivity contribution is 0.384. The summed E-state index contributed by atoms with van der Waals surface area (Å²) in [7, 11) is 0. The van der Waals surface area contributed by atoms with Crippen LogP contribution in [0.3, 0.4) is 0 Å². The van der Waals surface area contributed by atoms with Crippen LogP contribution < -0.4 is 4.74 Å². The van der Waals surface area contributed by atoms with Gasteiger partial charge in [0.05, 0.1) is 0 Å². The van der Waals surface area contributed by atoms with E-state index >= 15 is 0 Å². The van der Waals surface area contributed by atoms with Crippen molar-refractivity contribution in [3.05, 3.63) is 107 Å². The second-order valence-corrected chi connectivity index (χ2v) is 8.04. The molecule has 0 atom stereocenters. The van der Waals surface area contributed by atoms with Crippen molar-refractivity contribution in [1.29, 1.82) is 0 Å². The van der Waals surface area contributed by atoms with Gasteiger partial charge in [-0.1, -0.05) is 36.4 Å². The Kier molecular flexibility index (Phi) is 6.69. The lowest BCUT2D eigenvalue weighted by atomic mass is 10.0. The van der Waals surface area contributed by atoms with Gasteiger partial charge < -0.3 is 25.2 Å². The number of hydrogen-bond acceptors (Lipinski definition) is 5. The minimum atomic E-state index is -0.000750. The molecule has 4 aromatic rings. The first kappa shape index (κ1) is 22.1. The Morgan fingerprint density at radius 2 is 0.879 bits per heavy atom. The topological polar surface area (TPSA) is 90.2 Å². The van der Waals surface area contributed by atoms with E-state index in [0.29, 0.717) is 0 Å². The molecule has 0 unspecified atom stereocenters. The van der Waals surface area contributed by atoms with Crippen LogP contribution in [0, 0.1) is 0 Å². The summed E-state index contributed by atoms with van der Waals surface area (Å²) < 4.78 is 5.82. The minimum absolute atomic E-state index is 0.000750. The van der Waals surface area contributed by atoms with Crippen molar-refractivity contribution in [3.63, 3.8) is 0 Å². The van der Waals surface area contributed by atoms with Crippen molar-refractivity contribution < 1.29 is 25.2 Å². The molecule has 0 aliphatic carbocycles. The highest BCUT2D eigenvalue weighted by Crippen LogP contribution is 2.36. The second-order valence-electron chi connectivity index (χ2n) is 8.04. The fourth-order valence-corrected chi connectivity index (χ4v) is 3.62. The van der Waals surface area contributed by atoms with E-state index in [2.05, 4.69) is 0 Å². The summed E-state index contributed by atoms with van der Waals surface area (Å²) in [6.07, 6.45) is 3.04. The zero-order chi connectivity index (χ0) is 23.2. The maximum Gasteiger partial charge on any atom is 0.169 e. The maximum absolute atomic E-state index is 10.5. The number of benzene rings is 4. The molecule has 0 aliphatic rings. The van der Waals surface area contributed by atoms with Gasteiger partial charge in [-0.05, 0) is 96.5 Å². The van der Waals surface area contributed by atoms with Gasteiger partial charge in [-0.25, -0.2) is 0 Å². The third-order valence-corrected chi connectivity index (χ3v) is 5.54. The molecule has 4 aromatic carbocycles. The molecule has 33 heavy (non-hydrogen) atoms. The Morgan fingerprint density at radius 3 is 1.42 bits per heavy atom. The maximum atomic E-state index is 10.5. The Labute approximate surface area is 192 Å². The summed E-state index contributed by atoms with van der Waals surface area (Å²) in [5.41, 5.74) is 4.14. The molecule has 0 fully saturated rings. The largest absolute Gasteiger partial charge is 0.508 e. The number of aryl methyl sites for hydroxylation is 4. The molecule has 0 saturated carbocycles. The SMILES string of the molecule is Oc1ccc(CCc2ccc(Oc3cc(CCc4ccc(O)cc4)ccc3O)c(O)c2)cc1. The average molecular weight is 443 g/mol. The first-order valence-electron chi connectivity index (χ1n) is 10.8. The molecular weight excluding hydrogens is 416 g/mol. The molecule has 0 spiro atoms. The van der Waals surface area contributed by atoms with Crippen LogP contribution in [0.5, 0.6) is 34.5 Å². The molecule has 0 aliphatic heterocycles. The Balaban J connectivity index is 1.40. The van der Waals surface area contributed by atoms with Gasteiger partial charge in [0.15, 0.2) is 23.0 Å². The van der Waals surface area contributed by atoms with Crippen molar-refractivity contribution in [1.82, 2.24) is 0 Å². The van der Waals surface area contributed by atoms with E-state index in [9.17, 15) is 20.4 Å². The van der Waals surface area contributed by atoms with Crippen LogP contribution in [0.15, 0.2) is 84.9 Å². The first-order chi connectivity index (χ1) is 16.0. The molecule has 0 heterocycles. The third kappa shape index (κ3) is 5.98. The van der Waals surface area contributed by atoms with E-state index in [-0.39, 0.29) is 34.5 Å². The second kappa shape index (κ2) is 10.0. The standard InChI is InChI=1S/C28H26O5/c29-23-11-5-19(6-12-23)1-3-21-10-16-27(26(32)17-21)33-28-18-22(9-15-25(28)31)4-2-20-7-13-24(30)14-8-20/h5-18,29-32H,1-4H2. The first-order valence-corrected chi connectivity index (χ1v) is 10.8. The van der Waals surface area contributed by atoms with Crippen LogP contribution in [-0.2, 0) is 25.7 Å². The van der Waals surface area contributed by atoms with Gasteiger partial charge in [-0.2, -0.15) is 0 Å². The molecule has 0 radical (unpaired) electrons. The molecule has 0 amide bonds. The highest BCUT2D eigenvalue weighted by Gasteiger charge is 2.10. The van der Waals surface area contributed by atoms with Gasteiger partial charge in [0.2, 0.25) is 0 Å². The monoisotopic (exact) mass is 442 g/mol. The lowest BCUT2D eigenvalue weighted by Gasteiger charge is -2.12. The fourth-order valence-electron chi connectivity index (χ4n) is 3.62. The highest BCUT2D eigenvalue weighted by atomic mass is 16.5. The van der Waals surface area contributed by atoms with Crippen LogP contribution in [0.25, 0.3) is 0 Å². The minimum Gasteiger partial charge on any atom is -0.508 e. The lowest BCUT2D eigenvalue weighted by Crippen LogP contribution is -1.94. The molecule has 4 N–H and O–H groups in total. The number of aromatic hydroxyl groups is 4. The fraction of sp³-hybridized carbons (Fsp3) is 0.143. The summed E-state index contributed by atoms with van der Waals surface area (Å²) in [4.78, 5) is 0. The molecule has 5 heteroatoms. The molecular formula is C28H26O5. The van der Waals surface area contributed by atoms with Crippen LogP contribution in [0.4, 0.5) is 0 Å². The van der Waals surface area contributed by atoms with E-state index < -0.39 is 0 Å². The van der Waals surface area contributed by atoms with Crippen molar-refractivity contribution >= 4 is 0 Å². The quantitative estimate of drug-likeness (QED) is 0.274. The van der Waals surface area contributed by atoms with Gasteiger partial charge in [-0.15, -0.1) is 0 Å². The Morgan fingerprint density at radius 1 is 0.424 bits per heavy atom. The van der Waals surface area contributed by atoms with Crippen molar-refractivity contribution in [2.75, 3.05) is 0 Å². The smallest absolute Gasteiger partial charge is 0.169 e. The van der Waals surface area contributed by atoms with Gasteiger partial charge in [0.1, 0.15) is 11.5 Å². The zero-order valence-corrected chi connectivity index (χ0v) is 18.1. The molecule has 168 valence electrons. The van der Waals surface area contributed by atoms with E-state index in [1.54, 1.807) is 48.5 Å². The van der Waals surface area contributed by atoms with Crippen LogP contribution in [0.1, 0.15) is 22.3 Å². The molecule has 4 rings (SSSR count). The van der Waals surface area contributed by atoms with Gasteiger partial charge in [0, 0.05) is 0 Å².